The summed E-state index contributed by atoms with van der Waals surface area (Å²) in [5.74, 6) is 1.57. The van der Waals surface area contributed by atoms with E-state index in [2.05, 4.69) is 21.7 Å². The second-order valence-corrected chi connectivity index (χ2v) is 5.08. The highest BCUT2D eigenvalue weighted by atomic mass is 16.4. The van der Waals surface area contributed by atoms with Gasteiger partial charge in [0.1, 0.15) is 5.82 Å². The second kappa shape index (κ2) is 4.50. The molecule has 1 N–H and O–H groups in total. The SMILES string of the molecule is CC1CCc2nnc(-c3ccc(C(=O)O)cc3)n2C1. The molecule has 0 aliphatic carbocycles. The zero-order valence-electron chi connectivity index (χ0n) is 10.7. The van der Waals surface area contributed by atoms with Crippen LogP contribution in [0.5, 0.6) is 0 Å². The average molecular weight is 257 g/mol. The predicted molar refractivity (Wildman–Crippen MR) is 69.9 cm³/mol. The number of aromatic carboxylic acids is 1. The maximum atomic E-state index is 10.8. The van der Waals surface area contributed by atoms with Gasteiger partial charge in [0.05, 0.1) is 5.56 Å². The lowest BCUT2D eigenvalue weighted by Crippen LogP contribution is -2.18. The standard InChI is InChI=1S/C14H15N3O2/c1-9-2-7-12-15-16-13(17(12)8-9)10-3-5-11(6-4-10)14(18)19/h3-6,9H,2,7-8H2,1H3,(H,18,19). The summed E-state index contributed by atoms with van der Waals surface area (Å²) in [7, 11) is 0. The largest absolute Gasteiger partial charge is 0.478 e. The lowest BCUT2D eigenvalue weighted by molar-refractivity contribution is 0.0697. The molecule has 2 heterocycles. The summed E-state index contributed by atoms with van der Waals surface area (Å²) in [6.45, 7) is 3.15. The van der Waals surface area contributed by atoms with Crippen LogP contribution in [0.1, 0.15) is 29.5 Å². The number of aromatic nitrogens is 3. The van der Waals surface area contributed by atoms with E-state index in [1.165, 1.54) is 0 Å². The monoisotopic (exact) mass is 257 g/mol. The van der Waals surface area contributed by atoms with Crippen molar-refractivity contribution < 1.29 is 9.90 Å². The van der Waals surface area contributed by atoms with Crippen LogP contribution in [-0.4, -0.2) is 25.8 Å². The Labute approximate surface area is 110 Å². The molecule has 0 spiro atoms. The topological polar surface area (TPSA) is 68.0 Å². The van der Waals surface area contributed by atoms with Crippen LogP contribution in [0.15, 0.2) is 24.3 Å². The third-order valence-electron chi connectivity index (χ3n) is 3.57. The van der Waals surface area contributed by atoms with Crippen molar-refractivity contribution in [2.45, 2.75) is 26.3 Å². The Morgan fingerprint density at radius 2 is 2.05 bits per heavy atom. The summed E-state index contributed by atoms with van der Waals surface area (Å²) in [4.78, 5) is 10.8. The highest BCUT2D eigenvalue weighted by molar-refractivity contribution is 5.88. The second-order valence-electron chi connectivity index (χ2n) is 5.08. The molecule has 19 heavy (non-hydrogen) atoms. The first-order chi connectivity index (χ1) is 9.15. The van der Waals surface area contributed by atoms with E-state index in [4.69, 9.17) is 5.11 Å². The number of rotatable bonds is 2. The number of carbonyl (C=O) groups is 1. The van der Waals surface area contributed by atoms with Crippen LogP contribution in [0.25, 0.3) is 11.4 Å². The van der Waals surface area contributed by atoms with Gasteiger partial charge in [0.25, 0.3) is 0 Å². The molecule has 1 atom stereocenters. The van der Waals surface area contributed by atoms with E-state index in [9.17, 15) is 4.79 Å². The minimum absolute atomic E-state index is 0.288. The molecule has 1 aliphatic heterocycles. The van der Waals surface area contributed by atoms with Gasteiger partial charge in [0, 0.05) is 18.5 Å². The van der Waals surface area contributed by atoms with Crippen LogP contribution < -0.4 is 0 Å². The fraction of sp³-hybridized carbons (Fsp3) is 0.357. The van der Waals surface area contributed by atoms with Gasteiger partial charge in [0.2, 0.25) is 0 Å². The van der Waals surface area contributed by atoms with E-state index in [-0.39, 0.29) is 5.56 Å². The first-order valence-corrected chi connectivity index (χ1v) is 6.41. The molecule has 0 saturated heterocycles. The summed E-state index contributed by atoms with van der Waals surface area (Å²) in [5, 5.41) is 17.4. The molecule has 2 aromatic rings. The van der Waals surface area contributed by atoms with E-state index < -0.39 is 5.97 Å². The Hall–Kier alpha value is -2.17. The molecule has 5 heteroatoms. The van der Waals surface area contributed by atoms with Gasteiger partial charge in [-0.05, 0) is 24.5 Å². The van der Waals surface area contributed by atoms with Crippen molar-refractivity contribution >= 4 is 5.97 Å². The van der Waals surface area contributed by atoms with Crippen molar-refractivity contribution in [1.29, 1.82) is 0 Å². The number of hydrogen-bond acceptors (Lipinski definition) is 3. The molecule has 0 amide bonds. The average Bonchev–Trinajstić information content (AvgIpc) is 2.81. The van der Waals surface area contributed by atoms with Crippen molar-refractivity contribution in [3.8, 4) is 11.4 Å². The summed E-state index contributed by atoms with van der Waals surface area (Å²) < 4.78 is 2.14. The normalized spacial score (nSPS) is 18.1. The summed E-state index contributed by atoms with van der Waals surface area (Å²) >= 11 is 0. The van der Waals surface area contributed by atoms with E-state index in [1.807, 2.05) is 0 Å². The summed E-state index contributed by atoms with van der Waals surface area (Å²) in [6.07, 6.45) is 2.11. The minimum atomic E-state index is -0.913. The highest BCUT2D eigenvalue weighted by Crippen LogP contribution is 2.25. The molecule has 1 aliphatic rings. The van der Waals surface area contributed by atoms with Crippen LogP contribution >= 0.6 is 0 Å². The van der Waals surface area contributed by atoms with Gasteiger partial charge in [-0.2, -0.15) is 0 Å². The van der Waals surface area contributed by atoms with Gasteiger partial charge in [-0.1, -0.05) is 19.1 Å². The summed E-state index contributed by atoms with van der Waals surface area (Å²) in [5.41, 5.74) is 1.20. The first-order valence-electron chi connectivity index (χ1n) is 6.41. The lowest BCUT2D eigenvalue weighted by Gasteiger charge is -2.20. The van der Waals surface area contributed by atoms with Gasteiger partial charge in [-0.25, -0.2) is 4.79 Å². The van der Waals surface area contributed by atoms with Crippen LogP contribution in [0.2, 0.25) is 0 Å². The third-order valence-corrected chi connectivity index (χ3v) is 3.57. The van der Waals surface area contributed by atoms with Gasteiger partial charge < -0.3 is 9.67 Å². The zero-order chi connectivity index (χ0) is 13.4. The number of hydrogen-bond donors (Lipinski definition) is 1. The van der Waals surface area contributed by atoms with Crippen LogP contribution in [0, 0.1) is 5.92 Å². The van der Waals surface area contributed by atoms with Gasteiger partial charge >= 0.3 is 5.97 Å². The Morgan fingerprint density at radius 3 is 2.74 bits per heavy atom. The zero-order valence-corrected chi connectivity index (χ0v) is 10.7. The van der Waals surface area contributed by atoms with Crippen molar-refractivity contribution in [1.82, 2.24) is 14.8 Å². The first kappa shape index (κ1) is 11.9. The van der Waals surface area contributed by atoms with Gasteiger partial charge in [-0.15, -0.1) is 10.2 Å². The fourth-order valence-electron chi connectivity index (χ4n) is 2.47. The predicted octanol–water partition coefficient (Wildman–Crippen LogP) is 2.23. The van der Waals surface area contributed by atoms with Crippen molar-refractivity contribution in [3.63, 3.8) is 0 Å². The molecule has 1 aromatic heterocycles. The molecule has 3 rings (SSSR count). The van der Waals surface area contributed by atoms with E-state index in [0.29, 0.717) is 5.92 Å². The number of nitrogens with zero attached hydrogens (tertiary/aromatic N) is 3. The van der Waals surface area contributed by atoms with Gasteiger partial charge in [0.15, 0.2) is 5.82 Å². The number of fused-ring (bicyclic) bond motifs is 1. The number of aryl methyl sites for hydroxylation is 1. The highest BCUT2D eigenvalue weighted by Gasteiger charge is 2.20. The van der Waals surface area contributed by atoms with E-state index in [0.717, 1.165) is 36.6 Å². The van der Waals surface area contributed by atoms with E-state index in [1.54, 1.807) is 24.3 Å². The molecular formula is C14H15N3O2. The molecule has 0 saturated carbocycles. The molecule has 98 valence electrons. The number of carboxylic acid groups (broad SMARTS) is 1. The van der Waals surface area contributed by atoms with E-state index >= 15 is 0 Å². The van der Waals surface area contributed by atoms with Crippen LogP contribution in [0.3, 0.4) is 0 Å². The Balaban J connectivity index is 1.98. The summed E-state index contributed by atoms with van der Waals surface area (Å²) in [6, 6.07) is 6.79. The Kier molecular flexibility index (Phi) is 2.81. The maximum Gasteiger partial charge on any atom is 0.335 e. The number of carboxylic acids is 1. The fourth-order valence-corrected chi connectivity index (χ4v) is 2.47. The Morgan fingerprint density at radius 1 is 1.32 bits per heavy atom. The van der Waals surface area contributed by atoms with Crippen LogP contribution in [0.4, 0.5) is 0 Å². The molecular weight excluding hydrogens is 242 g/mol. The Bertz CT molecular complexity index is 616. The molecule has 0 fully saturated rings. The molecule has 1 unspecified atom stereocenters. The molecule has 0 bridgehead atoms. The van der Waals surface area contributed by atoms with Gasteiger partial charge in [-0.3, -0.25) is 0 Å². The number of benzene rings is 1. The lowest BCUT2D eigenvalue weighted by atomic mass is 10.0. The van der Waals surface area contributed by atoms with Crippen molar-refractivity contribution in [3.05, 3.63) is 35.7 Å². The molecule has 1 aromatic carbocycles. The van der Waals surface area contributed by atoms with Crippen molar-refractivity contribution in [2.24, 2.45) is 5.92 Å². The third kappa shape index (κ3) is 2.12. The quantitative estimate of drug-likeness (QED) is 0.895. The molecule has 5 nitrogen and oxygen atoms in total. The van der Waals surface area contributed by atoms with Crippen LogP contribution in [-0.2, 0) is 13.0 Å². The molecule has 0 radical (unpaired) electrons. The maximum absolute atomic E-state index is 10.8. The van der Waals surface area contributed by atoms with Crippen molar-refractivity contribution in [2.75, 3.05) is 0 Å². The smallest absolute Gasteiger partial charge is 0.335 e. The minimum Gasteiger partial charge on any atom is -0.478 e.